The van der Waals surface area contributed by atoms with Crippen molar-refractivity contribution in [3.63, 3.8) is 0 Å². The summed E-state index contributed by atoms with van der Waals surface area (Å²) >= 11 is 0. The third kappa shape index (κ3) is 5.55. The molecule has 1 saturated carbocycles. The van der Waals surface area contributed by atoms with Crippen molar-refractivity contribution >= 4 is 5.97 Å². The molecule has 1 aliphatic rings. The van der Waals surface area contributed by atoms with Crippen molar-refractivity contribution < 1.29 is 9.53 Å². The number of rotatable bonds is 7. The highest BCUT2D eigenvalue weighted by Gasteiger charge is 2.26. The molecule has 1 aliphatic carbocycles. The maximum absolute atomic E-state index is 11.6. The standard InChI is InChI=1S/C15H25NO2/c1-3-5-6-7-12-16-14-10-8-13(9-11-14)15(17)18-4-2/h1,13-14,16H,4-12H2,2H3. The van der Waals surface area contributed by atoms with Gasteiger partial charge in [-0.3, -0.25) is 4.79 Å². The minimum Gasteiger partial charge on any atom is -0.466 e. The van der Waals surface area contributed by atoms with Gasteiger partial charge < -0.3 is 10.1 Å². The predicted molar refractivity (Wildman–Crippen MR) is 73.1 cm³/mol. The molecule has 3 nitrogen and oxygen atoms in total. The van der Waals surface area contributed by atoms with Crippen molar-refractivity contribution in [1.82, 2.24) is 5.32 Å². The lowest BCUT2D eigenvalue weighted by molar-refractivity contribution is -0.149. The van der Waals surface area contributed by atoms with E-state index >= 15 is 0 Å². The Balaban J connectivity index is 2.08. The van der Waals surface area contributed by atoms with E-state index in [0.717, 1.165) is 51.5 Å². The molecular formula is C15H25NO2. The minimum atomic E-state index is -0.00929. The third-order valence-electron chi connectivity index (χ3n) is 3.53. The lowest BCUT2D eigenvalue weighted by Crippen LogP contribution is -2.35. The second kappa shape index (κ2) is 8.99. The first-order valence-corrected chi connectivity index (χ1v) is 7.11. The molecule has 0 aromatic heterocycles. The van der Waals surface area contributed by atoms with Crippen LogP contribution >= 0.6 is 0 Å². The molecule has 0 aromatic carbocycles. The molecule has 0 heterocycles. The Morgan fingerprint density at radius 1 is 1.33 bits per heavy atom. The summed E-state index contributed by atoms with van der Waals surface area (Å²) in [6.45, 7) is 3.39. The van der Waals surface area contributed by atoms with Crippen LogP contribution < -0.4 is 5.32 Å². The summed E-state index contributed by atoms with van der Waals surface area (Å²) in [7, 11) is 0. The number of carbonyl (C=O) groups is 1. The van der Waals surface area contributed by atoms with Crippen LogP contribution in [-0.4, -0.2) is 25.2 Å². The average Bonchev–Trinajstić information content (AvgIpc) is 2.39. The first kappa shape index (κ1) is 15.0. The second-order valence-electron chi connectivity index (χ2n) is 4.92. The maximum atomic E-state index is 11.6. The fraction of sp³-hybridized carbons (Fsp3) is 0.800. The van der Waals surface area contributed by atoms with E-state index in [1.165, 1.54) is 0 Å². The third-order valence-corrected chi connectivity index (χ3v) is 3.53. The molecule has 1 rings (SSSR count). The van der Waals surface area contributed by atoms with Crippen LogP contribution in [-0.2, 0) is 9.53 Å². The van der Waals surface area contributed by atoms with Crippen molar-refractivity contribution in [2.75, 3.05) is 13.2 Å². The zero-order valence-corrected chi connectivity index (χ0v) is 11.4. The van der Waals surface area contributed by atoms with E-state index in [4.69, 9.17) is 11.2 Å². The topological polar surface area (TPSA) is 38.3 Å². The monoisotopic (exact) mass is 251 g/mol. The van der Waals surface area contributed by atoms with Gasteiger partial charge in [0.1, 0.15) is 0 Å². The smallest absolute Gasteiger partial charge is 0.308 e. The van der Waals surface area contributed by atoms with Crippen LogP contribution in [0.4, 0.5) is 0 Å². The Morgan fingerprint density at radius 3 is 2.67 bits per heavy atom. The van der Waals surface area contributed by atoms with Gasteiger partial charge in [-0.25, -0.2) is 0 Å². The maximum Gasteiger partial charge on any atom is 0.308 e. The molecule has 3 heteroatoms. The molecule has 102 valence electrons. The Labute approximate surface area is 111 Å². The first-order chi connectivity index (χ1) is 8.77. The zero-order chi connectivity index (χ0) is 13.2. The highest BCUT2D eigenvalue weighted by Crippen LogP contribution is 2.25. The van der Waals surface area contributed by atoms with Crippen LogP contribution in [0.15, 0.2) is 0 Å². The van der Waals surface area contributed by atoms with Crippen LogP contribution in [0.5, 0.6) is 0 Å². The van der Waals surface area contributed by atoms with Gasteiger partial charge in [-0.2, -0.15) is 0 Å². The van der Waals surface area contributed by atoms with E-state index in [1.807, 2.05) is 6.92 Å². The molecule has 0 spiro atoms. The first-order valence-electron chi connectivity index (χ1n) is 7.11. The summed E-state index contributed by atoms with van der Waals surface area (Å²) in [5.41, 5.74) is 0. The molecule has 0 amide bonds. The van der Waals surface area contributed by atoms with E-state index in [9.17, 15) is 4.79 Å². The minimum absolute atomic E-state index is 0.00929. The van der Waals surface area contributed by atoms with Crippen molar-refractivity contribution in [2.24, 2.45) is 5.92 Å². The molecule has 0 bridgehead atoms. The van der Waals surface area contributed by atoms with Gasteiger partial charge in [-0.15, -0.1) is 12.3 Å². The van der Waals surface area contributed by atoms with E-state index in [0.29, 0.717) is 12.6 Å². The highest BCUT2D eigenvalue weighted by atomic mass is 16.5. The Kier molecular flexibility index (Phi) is 7.52. The van der Waals surface area contributed by atoms with Gasteiger partial charge in [-0.05, 0) is 52.0 Å². The molecule has 1 N–H and O–H groups in total. The molecule has 0 aliphatic heterocycles. The van der Waals surface area contributed by atoms with E-state index in [2.05, 4.69) is 11.2 Å². The normalized spacial score (nSPS) is 23.3. The molecule has 1 fully saturated rings. The van der Waals surface area contributed by atoms with E-state index in [-0.39, 0.29) is 11.9 Å². The van der Waals surface area contributed by atoms with Crippen molar-refractivity contribution in [2.45, 2.75) is 57.9 Å². The number of unbranched alkanes of at least 4 members (excludes halogenated alkanes) is 2. The summed E-state index contributed by atoms with van der Waals surface area (Å²) in [6, 6.07) is 0.571. The second-order valence-corrected chi connectivity index (χ2v) is 4.92. The average molecular weight is 251 g/mol. The largest absolute Gasteiger partial charge is 0.466 e. The Bertz CT molecular complexity index is 275. The van der Waals surface area contributed by atoms with E-state index in [1.54, 1.807) is 0 Å². The summed E-state index contributed by atoms with van der Waals surface area (Å²) in [5, 5.41) is 3.55. The number of ether oxygens (including phenoxy) is 1. The predicted octanol–water partition coefficient (Wildman–Crippen LogP) is 2.50. The summed E-state index contributed by atoms with van der Waals surface area (Å²) in [6.07, 6.45) is 12.4. The van der Waals surface area contributed by atoms with Crippen LogP contribution in [0, 0.1) is 18.3 Å². The Hall–Kier alpha value is -1.01. The molecule has 0 saturated heterocycles. The van der Waals surface area contributed by atoms with Crippen molar-refractivity contribution in [3.05, 3.63) is 0 Å². The number of esters is 1. The fourth-order valence-corrected chi connectivity index (χ4v) is 2.45. The van der Waals surface area contributed by atoms with Crippen LogP contribution in [0.2, 0.25) is 0 Å². The zero-order valence-electron chi connectivity index (χ0n) is 11.4. The fourth-order valence-electron chi connectivity index (χ4n) is 2.45. The molecule has 0 atom stereocenters. The molecule has 0 unspecified atom stereocenters. The Morgan fingerprint density at radius 2 is 2.06 bits per heavy atom. The van der Waals surface area contributed by atoms with E-state index < -0.39 is 0 Å². The van der Waals surface area contributed by atoms with Crippen LogP contribution in [0.3, 0.4) is 0 Å². The van der Waals surface area contributed by atoms with Crippen LogP contribution in [0.1, 0.15) is 51.9 Å². The van der Waals surface area contributed by atoms with Crippen LogP contribution in [0.25, 0.3) is 0 Å². The molecular weight excluding hydrogens is 226 g/mol. The van der Waals surface area contributed by atoms with Gasteiger partial charge in [0, 0.05) is 12.5 Å². The van der Waals surface area contributed by atoms with Gasteiger partial charge in [0.2, 0.25) is 0 Å². The lowest BCUT2D eigenvalue weighted by Gasteiger charge is -2.27. The van der Waals surface area contributed by atoms with Gasteiger partial charge in [0.25, 0.3) is 0 Å². The van der Waals surface area contributed by atoms with Gasteiger partial charge in [0.05, 0.1) is 12.5 Å². The molecule has 18 heavy (non-hydrogen) atoms. The molecule has 0 aromatic rings. The van der Waals surface area contributed by atoms with Gasteiger partial charge >= 0.3 is 5.97 Å². The van der Waals surface area contributed by atoms with Gasteiger partial charge in [0.15, 0.2) is 0 Å². The number of hydrogen-bond donors (Lipinski definition) is 1. The quantitative estimate of drug-likeness (QED) is 0.429. The number of terminal acetylenes is 1. The SMILES string of the molecule is C#CCCCCNC1CCC(C(=O)OCC)CC1. The summed E-state index contributed by atoms with van der Waals surface area (Å²) in [4.78, 5) is 11.6. The van der Waals surface area contributed by atoms with Gasteiger partial charge in [-0.1, -0.05) is 0 Å². The number of hydrogen-bond acceptors (Lipinski definition) is 3. The summed E-state index contributed by atoms with van der Waals surface area (Å²) < 4.78 is 5.06. The highest BCUT2D eigenvalue weighted by molar-refractivity contribution is 5.72. The number of carbonyl (C=O) groups excluding carboxylic acids is 1. The number of nitrogens with one attached hydrogen (secondary N) is 1. The lowest BCUT2D eigenvalue weighted by atomic mass is 9.86. The van der Waals surface area contributed by atoms with Crippen molar-refractivity contribution in [1.29, 1.82) is 0 Å². The summed E-state index contributed by atoms with van der Waals surface area (Å²) in [5.74, 6) is 2.78. The molecule has 0 radical (unpaired) electrons. The van der Waals surface area contributed by atoms with Crippen molar-refractivity contribution in [3.8, 4) is 12.3 Å².